The van der Waals surface area contributed by atoms with Gasteiger partial charge in [-0.05, 0) is 81.2 Å². The highest BCUT2D eigenvalue weighted by atomic mass is 16.6. The number of phenolic OH excluding ortho intramolecular Hbond substituents is 1. The van der Waals surface area contributed by atoms with Crippen LogP contribution in [-0.2, 0) is 16.6 Å². The molecule has 5 fully saturated rings. The number of likely N-dealkylation sites (tertiary alicyclic amines) is 1. The van der Waals surface area contributed by atoms with Crippen LogP contribution in [0.3, 0.4) is 0 Å². The summed E-state index contributed by atoms with van der Waals surface area (Å²) in [6, 6.07) is 10.6. The lowest BCUT2D eigenvalue weighted by atomic mass is 9.35. The third-order valence-corrected chi connectivity index (χ3v) is 11.7. The quantitative estimate of drug-likeness (QED) is 0.487. The first-order valence-electron chi connectivity index (χ1n) is 14.8. The summed E-state index contributed by atoms with van der Waals surface area (Å²) in [5.41, 5.74) is 1.82. The van der Waals surface area contributed by atoms with Gasteiger partial charge in [0.1, 0.15) is 11.7 Å². The molecule has 9 rings (SSSR count). The summed E-state index contributed by atoms with van der Waals surface area (Å²) in [6.07, 6.45) is 7.12. The number of ether oxygens (including phenoxy) is 2. The Balaban J connectivity index is 1.20. The van der Waals surface area contributed by atoms with Crippen molar-refractivity contribution in [3.63, 3.8) is 0 Å². The van der Waals surface area contributed by atoms with Crippen LogP contribution < -0.4 is 10.1 Å². The first-order valence-corrected chi connectivity index (χ1v) is 14.8. The van der Waals surface area contributed by atoms with E-state index in [1.807, 2.05) is 0 Å². The number of hydrogen-bond acceptors (Lipinski definition) is 6. The summed E-state index contributed by atoms with van der Waals surface area (Å²) in [4.78, 5) is 27.8. The van der Waals surface area contributed by atoms with E-state index in [0.717, 1.165) is 51.1 Å². The van der Waals surface area contributed by atoms with E-state index in [9.17, 15) is 19.8 Å². The summed E-state index contributed by atoms with van der Waals surface area (Å²) >= 11 is 0. The molecule has 2 aromatic carbocycles. The molecule has 2 heterocycles. The minimum absolute atomic E-state index is 0.000669. The van der Waals surface area contributed by atoms with Gasteiger partial charge in [0, 0.05) is 48.6 Å². The zero-order chi connectivity index (χ0) is 27.4. The number of aromatic hydroxyl groups is 1. The second-order valence-electron chi connectivity index (χ2n) is 13.1. The summed E-state index contributed by atoms with van der Waals surface area (Å²) in [5, 5.41) is 23.7. The van der Waals surface area contributed by atoms with E-state index in [1.54, 1.807) is 31.4 Å². The number of amides is 1. The van der Waals surface area contributed by atoms with Gasteiger partial charge in [0.25, 0.3) is 5.91 Å². The van der Waals surface area contributed by atoms with Gasteiger partial charge >= 0.3 is 5.97 Å². The number of methoxy groups -OCH3 is 1. The minimum Gasteiger partial charge on any atom is -0.504 e. The van der Waals surface area contributed by atoms with Crippen molar-refractivity contribution in [3.05, 3.63) is 58.7 Å². The molecule has 0 aromatic heterocycles. The van der Waals surface area contributed by atoms with E-state index in [-0.39, 0.29) is 45.6 Å². The predicted molar refractivity (Wildman–Crippen MR) is 146 cm³/mol. The molecular formula is C32H36N2O6. The molecular weight excluding hydrogens is 508 g/mol. The van der Waals surface area contributed by atoms with E-state index in [4.69, 9.17) is 9.47 Å². The Bertz CT molecular complexity index is 1440. The SMILES string of the molecule is COC12CC[C@@]3(CC1CNC(=O)c1ccccc1C(=O)O)[C@H]1Cc4ccc(O)c5c4[C@@]3(CCN1CC1CC1)C2O5. The minimum atomic E-state index is -1.12. The van der Waals surface area contributed by atoms with Crippen LogP contribution >= 0.6 is 0 Å². The molecule has 210 valence electrons. The molecule has 2 spiro atoms. The van der Waals surface area contributed by atoms with Crippen LogP contribution in [0, 0.1) is 17.3 Å². The molecule has 5 aliphatic carbocycles. The normalized spacial score (nSPS) is 36.6. The second-order valence-corrected chi connectivity index (χ2v) is 13.1. The number of nitrogens with zero attached hydrogens (tertiary/aromatic N) is 1. The van der Waals surface area contributed by atoms with Gasteiger partial charge in [0.15, 0.2) is 11.5 Å². The third-order valence-electron chi connectivity index (χ3n) is 11.7. The van der Waals surface area contributed by atoms with Crippen molar-refractivity contribution in [2.24, 2.45) is 17.3 Å². The fraction of sp³-hybridized carbons (Fsp3) is 0.562. The zero-order valence-electron chi connectivity index (χ0n) is 22.8. The van der Waals surface area contributed by atoms with Gasteiger partial charge in [-0.25, -0.2) is 4.79 Å². The fourth-order valence-corrected chi connectivity index (χ4v) is 9.97. The van der Waals surface area contributed by atoms with Crippen molar-refractivity contribution in [2.45, 2.75) is 68.1 Å². The average molecular weight is 545 g/mol. The van der Waals surface area contributed by atoms with E-state index in [0.29, 0.717) is 18.3 Å². The largest absolute Gasteiger partial charge is 0.504 e. The first-order chi connectivity index (χ1) is 19.3. The number of fused-ring (bicyclic) bond motifs is 2. The highest BCUT2D eigenvalue weighted by molar-refractivity contribution is 6.04. The van der Waals surface area contributed by atoms with Gasteiger partial charge in [0.2, 0.25) is 0 Å². The van der Waals surface area contributed by atoms with E-state index in [1.165, 1.54) is 30.0 Å². The topological polar surface area (TPSA) is 108 Å². The number of carboxylic acid groups (broad SMARTS) is 1. The van der Waals surface area contributed by atoms with Crippen molar-refractivity contribution in [2.75, 3.05) is 26.7 Å². The van der Waals surface area contributed by atoms with Gasteiger partial charge < -0.3 is 25.0 Å². The molecule has 7 aliphatic rings. The van der Waals surface area contributed by atoms with Gasteiger partial charge in [-0.2, -0.15) is 0 Å². The molecule has 3 N–H and O–H groups in total. The summed E-state index contributed by atoms with van der Waals surface area (Å²) in [6.45, 7) is 2.56. The number of nitrogens with one attached hydrogen (secondary N) is 1. The molecule has 8 nitrogen and oxygen atoms in total. The molecule has 3 unspecified atom stereocenters. The van der Waals surface area contributed by atoms with Crippen molar-refractivity contribution < 1.29 is 29.3 Å². The van der Waals surface area contributed by atoms with Crippen molar-refractivity contribution >= 4 is 11.9 Å². The molecule has 4 saturated carbocycles. The lowest BCUT2D eigenvalue weighted by Gasteiger charge is -2.74. The fourth-order valence-electron chi connectivity index (χ4n) is 9.97. The Morgan fingerprint density at radius 3 is 2.67 bits per heavy atom. The number of rotatable bonds is 7. The Kier molecular flexibility index (Phi) is 5.08. The first kappa shape index (κ1) is 24.7. The second kappa shape index (κ2) is 8.23. The lowest BCUT2D eigenvalue weighted by Crippen LogP contribution is -2.81. The Labute approximate surface area is 233 Å². The zero-order valence-corrected chi connectivity index (χ0v) is 22.8. The molecule has 0 radical (unpaired) electrons. The molecule has 4 bridgehead atoms. The number of aromatic carboxylic acids is 1. The Morgan fingerprint density at radius 2 is 1.93 bits per heavy atom. The predicted octanol–water partition coefficient (Wildman–Crippen LogP) is 3.74. The maximum atomic E-state index is 13.3. The molecule has 2 aromatic rings. The average Bonchev–Trinajstić information content (AvgIpc) is 3.71. The number of benzene rings is 2. The maximum absolute atomic E-state index is 13.3. The van der Waals surface area contributed by atoms with E-state index >= 15 is 0 Å². The maximum Gasteiger partial charge on any atom is 0.336 e. The molecule has 8 heteroatoms. The Morgan fingerprint density at radius 1 is 1.12 bits per heavy atom. The molecule has 2 aliphatic heterocycles. The van der Waals surface area contributed by atoms with Gasteiger partial charge in [-0.3, -0.25) is 9.69 Å². The monoisotopic (exact) mass is 544 g/mol. The number of piperidine rings is 1. The highest BCUT2D eigenvalue weighted by Gasteiger charge is 2.80. The number of carboxylic acids is 1. The number of carbonyl (C=O) groups excluding carboxylic acids is 1. The van der Waals surface area contributed by atoms with Crippen LogP contribution in [0.2, 0.25) is 0 Å². The molecule has 1 amide bonds. The van der Waals surface area contributed by atoms with E-state index in [2.05, 4.69) is 16.3 Å². The summed E-state index contributed by atoms with van der Waals surface area (Å²) in [7, 11) is 1.76. The van der Waals surface area contributed by atoms with Crippen LogP contribution in [0.15, 0.2) is 36.4 Å². The summed E-state index contributed by atoms with van der Waals surface area (Å²) < 4.78 is 13.3. The highest BCUT2D eigenvalue weighted by Crippen LogP contribution is 2.76. The smallest absolute Gasteiger partial charge is 0.336 e. The van der Waals surface area contributed by atoms with Gasteiger partial charge in [-0.1, -0.05) is 18.2 Å². The standard InChI is InChI=1S/C32H36N2O6/c1-39-32-11-10-30(15-20(32)16-33-27(36)21-4-2-3-5-22(21)28(37)38)24-14-19-8-9-23(35)26-25(19)31(30,29(32)40-26)12-13-34(24)17-18-6-7-18/h2-5,8-9,18,20,24,29,35H,6-7,10-17H2,1H3,(H,33,36)(H,37,38)/t20?,24-,29?,30-,31+,32?/m1/s1. The van der Waals surface area contributed by atoms with E-state index < -0.39 is 11.6 Å². The van der Waals surface area contributed by atoms with Crippen LogP contribution in [0.4, 0.5) is 0 Å². The van der Waals surface area contributed by atoms with Crippen molar-refractivity contribution in [1.82, 2.24) is 10.2 Å². The van der Waals surface area contributed by atoms with Crippen LogP contribution in [-0.4, -0.2) is 71.5 Å². The Hall–Kier alpha value is -3.10. The molecule has 40 heavy (non-hydrogen) atoms. The van der Waals surface area contributed by atoms with Crippen LogP contribution in [0.5, 0.6) is 11.5 Å². The van der Waals surface area contributed by atoms with Gasteiger partial charge in [0.05, 0.1) is 11.1 Å². The number of phenols is 1. The number of hydrogen-bond donors (Lipinski definition) is 3. The summed E-state index contributed by atoms with van der Waals surface area (Å²) in [5.74, 6) is 0.142. The van der Waals surface area contributed by atoms with Crippen molar-refractivity contribution in [3.8, 4) is 11.5 Å². The van der Waals surface area contributed by atoms with Crippen LogP contribution in [0.25, 0.3) is 0 Å². The lowest BCUT2D eigenvalue weighted by molar-refractivity contribution is -0.275. The molecule has 1 saturated heterocycles. The van der Waals surface area contributed by atoms with Gasteiger partial charge in [-0.15, -0.1) is 0 Å². The molecule has 6 atom stereocenters. The third kappa shape index (κ3) is 2.93. The van der Waals surface area contributed by atoms with Crippen LogP contribution in [0.1, 0.15) is 70.4 Å². The number of carbonyl (C=O) groups is 2. The van der Waals surface area contributed by atoms with Crippen molar-refractivity contribution in [1.29, 1.82) is 0 Å².